The summed E-state index contributed by atoms with van der Waals surface area (Å²) in [4.78, 5) is 21.4. The van der Waals surface area contributed by atoms with Crippen molar-refractivity contribution in [2.24, 2.45) is 0 Å². The van der Waals surface area contributed by atoms with Crippen LogP contribution in [-0.2, 0) is 6.61 Å². The first-order valence-corrected chi connectivity index (χ1v) is 9.52. The summed E-state index contributed by atoms with van der Waals surface area (Å²) in [5.41, 5.74) is 2.06. The van der Waals surface area contributed by atoms with Crippen molar-refractivity contribution in [2.75, 3.05) is 0 Å². The number of para-hydroxylation sites is 1. The standard InChI is InChI=1S/C23H20N4O3/c1-16(19-12-7-8-14-24-19)25-23(28)18-11-5-6-13-20(18)29-15-21-26-22(27-30-21)17-9-3-2-4-10-17/h2-14,16H,15H2,1H3,(H,25,28). The van der Waals surface area contributed by atoms with Crippen LogP contribution < -0.4 is 10.1 Å². The molecule has 4 rings (SSSR count). The van der Waals surface area contributed by atoms with Crippen molar-refractivity contribution in [1.82, 2.24) is 20.4 Å². The van der Waals surface area contributed by atoms with Gasteiger partial charge >= 0.3 is 0 Å². The molecule has 2 aromatic carbocycles. The van der Waals surface area contributed by atoms with Gasteiger partial charge in [-0.25, -0.2) is 0 Å². The van der Waals surface area contributed by atoms with E-state index >= 15 is 0 Å². The number of carbonyl (C=O) groups is 1. The second-order valence-electron chi connectivity index (χ2n) is 6.61. The third-order valence-electron chi connectivity index (χ3n) is 4.46. The van der Waals surface area contributed by atoms with Crippen LogP contribution in [0.1, 0.15) is 34.9 Å². The molecule has 0 radical (unpaired) electrons. The summed E-state index contributed by atoms with van der Waals surface area (Å²) in [6.45, 7) is 1.94. The van der Waals surface area contributed by atoms with Gasteiger partial charge in [0, 0.05) is 11.8 Å². The van der Waals surface area contributed by atoms with E-state index in [1.165, 1.54) is 0 Å². The van der Waals surface area contributed by atoms with Crippen LogP contribution in [0.15, 0.2) is 83.5 Å². The average molecular weight is 400 g/mol. The number of hydrogen-bond donors (Lipinski definition) is 1. The van der Waals surface area contributed by atoms with E-state index in [0.717, 1.165) is 11.3 Å². The second kappa shape index (κ2) is 9.00. The predicted octanol–water partition coefficient (Wildman–Crippen LogP) is 4.20. The summed E-state index contributed by atoms with van der Waals surface area (Å²) in [5, 5.41) is 6.92. The van der Waals surface area contributed by atoms with Gasteiger partial charge in [0.2, 0.25) is 5.82 Å². The molecule has 0 aliphatic rings. The topological polar surface area (TPSA) is 90.1 Å². The molecule has 0 aliphatic carbocycles. The third-order valence-corrected chi connectivity index (χ3v) is 4.46. The van der Waals surface area contributed by atoms with E-state index in [1.807, 2.05) is 55.5 Å². The summed E-state index contributed by atoms with van der Waals surface area (Å²) >= 11 is 0. The molecule has 0 aliphatic heterocycles. The number of hydrogen-bond acceptors (Lipinski definition) is 6. The highest BCUT2D eigenvalue weighted by Gasteiger charge is 2.17. The lowest BCUT2D eigenvalue weighted by atomic mass is 10.1. The van der Waals surface area contributed by atoms with Gasteiger partial charge in [-0.2, -0.15) is 4.98 Å². The summed E-state index contributed by atoms with van der Waals surface area (Å²) in [6.07, 6.45) is 1.70. The van der Waals surface area contributed by atoms with Crippen LogP contribution in [0.4, 0.5) is 0 Å². The van der Waals surface area contributed by atoms with Crippen LogP contribution in [0.5, 0.6) is 5.75 Å². The van der Waals surface area contributed by atoms with E-state index in [2.05, 4.69) is 20.4 Å². The molecule has 1 amide bonds. The van der Waals surface area contributed by atoms with Crippen molar-refractivity contribution in [3.05, 3.63) is 96.1 Å². The minimum absolute atomic E-state index is 0.0555. The van der Waals surface area contributed by atoms with Gasteiger partial charge in [0.25, 0.3) is 11.8 Å². The van der Waals surface area contributed by atoms with Crippen molar-refractivity contribution in [2.45, 2.75) is 19.6 Å². The Hall–Kier alpha value is -4.00. The lowest BCUT2D eigenvalue weighted by Crippen LogP contribution is -2.27. The Kier molecular flexibility index (Phi) is 5.80. The zero-order chi connectivity index (χ0) is 20.8. The number of carbonyl (C=O) groups excluding carboxylic acids is 1. The number of nitrogens with one attached hydrogen (secondary N) is 1. The zero-order valence-electron chi connectivity index (χ0n) is 16.4. The van der Waals surface area contributed by atoms with Gasteiger partial charge in [0.15, 0.2) is 6.61 Å². The molecule has 7 nitrogen and oxygen atoms in total. The number of ether oxygens (including phenoxy) is 1. The number of benzene rings is 2. The smallest absolute Gasteiger partial charge is 0.264 e. The lowest BCUT2D eigenvalue weighted by molar-refractivity contribution is 0.0933. The Balaban J connectivity index is 1.43. The van der Waals surface area contributed by atoms with Gasteiger partial charge in [0.1, 0.15) is 5.75 Å². The van der Waals surface area contributed by atoms with Crippen LogP contribution >= 0.6 is 0 Å². The van der Waals surface area contributed by atoms with Crippen LogP contribution in [-0.4, -0.2) is 21.0 Å². The van der Waals surface area contributed by atoms with Crippen molar-refractivity contribution in [1.29, 1.82) is 0 Å². The van der Waals surface area contributed by atoms with Gasteiger partial charge in [-0.1, -0.05) is 53.7 Å². The largest absolute Gasteiger partial charge is 0.483 e. The minimum atomic E-state index is -0.251. The number of pyridine rings is 1. The summed E-state index contributed by atoms with van der Waals surface area (Å²) in [6, 6.07) is 21.9. The Morgan fingerprint density at radius 2 is 1.80 bits per heavy atom. The van der Waals surface area contributed by atoms with E-state index in [0.29, 0.717) is 23.0 Å². The van der Waals surface area contributed by atoms with Gasteiger partial charge in [0.05, 0.1) is 17.3 Å². The van der Waals surface area contributed by atoms with Gasteiger partial charge in [-0.05, 0) is 31.2 Å². The molecule has 2 heterocycles. The Morgan fingerprint density at radius 3 is 2.60 bits per heavy atom. The fourth-order valence-electron chi connectivity index (χ4n) is 2.92. The average Bonchev–Trinajstić information content (AvgIpc) is 3.28. The quantitative estimate of drug-likeness (QED) is 0.500. The van der Waals surface area contributed by atoms with Crippen LogP contribution in [0, 0.1) is 0 Å². The van der Waals surface area contributed by atoms with Crippen LogP contribution in [0.25, 0.3) is 11.4 Å². The molecule has 0 saturated heterocycles. The first kappa shape index (κ1) is 19.3. The van der Waals surface area contributed by atoms with Crippen LogP contribution in [0.2, 0.25) is 0 Å². The highest BCUT2D eigenvalue weighted by molar-refractivity contribution is 5.97. The molecule has 0 fully saturated rings. The van der Waals surface area contributed by atoms with Gasteiger partial charge < -0.3 is 14.6 Å². The van der Waals surface area contributed by atoms with E-state index in [-0.39, 0.29) is 18.6 Å². The molecular weight excluding hydrogens is 380 g/mol. The molecule has 1 atom stereocenters. The highest BCUT2D eigenvalue weighted by atomic mass is 16.5. The van der Waals surface area contributed by atoms with Crippen molar-refractivity contribution in [3.63, 3.8) is 0 Å². The maximum Gasteiger partial charge on any atom is 0.264 e. The SMILES string of the molecule is CC(NC(=O)c1ccccc1OCc1nc(-c2ccccc2)no1)c1ccccn1. The zero-order valence-corrected chi connectivity index (χ0v) is 16.4. The normalized spacial score (nSPS) is 11.6. The van der Waals surface area contributed by atoms with Crippen LogP contribution in [0.3, 0.4) is 0 Å². The molecule has 1 unspecified atom stereocenters. The van der Waals surface area contributed by atoms with Crippen molar-refractivity contribution in [3.8, 4) is 17.1 Å². The molecule has 0 spiro atoms. The molecule has 7 heteroatoms. The van der Waals surface area contributed by atoms with Gasteiger partial charge in [-0.15, -0.1) is 0 Å². The number of amides is 1. The predicted molar refractivity (Wildman–Crippen MR) is 111 cm³/mol. The van der Waals surface area contributed by atoms with E-state index < -0.39 is 0 Å². The van der Waals surface area contributed by atoms with E-state index in [4.69, 9.17) is 9.26 Å². The monoisotopic (exact) mass is 400 g/mol. The molecule has 2 aromatic heterocycles. The molecular formula is C23H20N4O3. The fourth-order valence-corrected chi connectivity index (χ4v) is 2.92. The van der Waals surface area contributed by atoms with Gasteiger partial charge in [-0.3, -0.25) is 9.78 Å². The van der Waals surface area contributed by atoms with Crippen molar-refractivity contribution >= 4 is 5.91 Å². The Bertz CT molecular complexity index is 1110. The minimum Gasteiger partial charge on any atom is -0.483 e. The number of aromatic nitrogens is 3. The third kappa shape index (κ3) is 4.52. The summed E-state index contributed by atoms with van der Waals surface area (Å²) < 4.78 is 11.1. The Labute approximate surface area is 173 Å². The first-order valence-electron chi connectivity index (χ1n) is 9.52. The molecule has 4 aromatic rings. The number of nitrogens with zero attached hydrogens (tertiary/aromatic N) is 3. The maximum absolute atomic E-state index is 12.8. The fraction of sp³-hybridized carbons (Fsp3) is 0.130. The number of rotatable bonds is 7. The lowest BCUT2D eigenvalue weighted by Gasteiger charge is -2.15. The second-order valence-corrected chi connectivity index (χ2v) is 6.61. The molecule has 30 heavy (non-hydrogen) atoms. The Morgan fingerprint density at radius 1 is 1.03 bits per heavy atom. The molecule has 0 saturated carbocycles. The van der Waals surface area contributed by atoms with E-state index in [1.54, 1.807) is 30.5 Å². The summed E-state index contributed by atoms with van der Waals surface area (Å²) in [7, 11) is 0. The summed E-state index contributed by atoms with van der Waals surface area (Å²) in [5.74, 6) is 0.997. The molecule has 1 N–H and O–H groups in total. The van der Waals surface area contributed by atoms with Crippen molar-refractivity contribution < 1.29 is 14.1 Å². The van der Waals surface area contributed by atoms with E-state index in [9.17, 15) is 4.79 Å². The highest BCUT2D eigenvalue weighted by Crippen LogP contribution is 2.21. The first-order chi connectivity index (χ1) is 14.7. The molecule has 150 valence electrons. The maximum atomic E-state index is 12.8. The molecule has 0 bridgehead atoms.